The van der Waals surface area contributed by atoms with Crippen molar-refractivity contribution in [2.45, 2.75) is 31.8 Å². The molecule has 3 aromatic rings. The van der Waals surface area contributed by atoms with Gasteiger partial charge < -0.3 is 30.0 Å². The number of carboxylic acid groups (broad SMARTS) is 1. The van der Waals surface area contributed by atoms with Crippen LogP contribution in [0.2, 0.25) is 0 Å². The second-order valence-corrected chi connectivity index (χ2v) is 7.26. The topological polar surface area (TPSA) is 124 Å². The smallest absolute Gasteiger partial charge is 0.341 e. The van der Waals surface area contributed by atoms with Crippen LogP contribution in [0.25, 0.3) is 10.9 Å². The van der Waals surface area contributed by atoms with Crippen molar-refractivity contribution < 1.29 is 19.0 Å². The van der Waals surface area contributed by atoms with E-state index in [4.69, 9.17) is 10.5 Å². The van der Waals surface area contributed by atoms with Crippen LogP contribution < -0.4 is 21.2 Å². The molecular formula is C20H22FN5O4. The van der Waals surface area contributed by atoms with Gasteiger partial charge in [0.2, 0.25) is 5.43 Å². The second-order valence-electron chi connectivity index (χ2n) is 7.26. The van der Waals surface area contributed by atoms with Gasteiger partial charge in [0.15, 0.2) is 11.6 Å². The minimum absolute atomic E-state index is 0.0130. The molecule has 158 valence electrons. The minimum Gasteiger partial charge on any atom is -0.492 e. The zero-order chi connectivity index (χ0) is 21.4. The van der Waals surface area contributed by atoms with E-state index in [1.165, 1.54) is 13.3 Å². The highest BCUT2D eigenvalue weighted by atomic mass is 19.1. The van der Waals surface area contributed by atoms with Gasteiger partial charge in [-0.25, -0.2) is 14.2 Å². The normalized spacial score (nSPS) is 13.5. The molecule has 9 nitrogen and oxygen atoms in total. The fraction of sp³-hybridized carbons (Fsp3) is 0.350. The quantitative estimate of drug-likeness (QED) is 0.381. The number of rotatable bonds is 8. The number of fused-ring (bicyclic) bond motifs is 1. The molecule has 1 aromatic carbocycles. The monoisotopic (exact) mass is 415 g/mol. The zero-order valence-electron chi connectivity index (χ0n) is 16.4. The van der Waals surface area contributed by atoms with Gasteiger partial charge in [-0.05, 0) is 19.3 Å². The van der Waals surface area contributed by atoms with Crippen molar-refractivity contribution in [3.8, 4) is 5.75 Å². The summed E-state index contributed by atoms with van der Waals surface area (Å²) in [5, 5.41) is 12.3. The Kier molecular flexibility index (Phi) is 5.06. The maximum absolute atomic E-state index is 15.2. The van der Waals surface area contributed by atoms with Crippen molar-refractivity contribution in [2.24, 2.45) is 0 Å². The van der Waals surface area contributed by atoms with Gasteiger partial charge in [0.05, 0.1) is 30.0 Å². The number of benzene rings is 1. The summed E-state index contributed by atoms with van der Waals surface area (Å²) in [5.41, 5.74) is 4.72. The summed E-state index contributed by atoms with van der Waals surface area (Å²) in [6.45, 7) is 1.12. The average molecular weight is 415 g/mol. The first-order valence-electron chi connectivity index (χ1n) is 9.60. The molecular weight excluding hydrogens is 393 g/mol. The number of aromatic carboxylic acids is 1. The number of ether oxygens (including phenoxy) is 1. The SMILES string of the molecule is COc1c(NCCCn2ccnc2)c(F)c(N)c2c(=O)c(C(=O)O)cn(C3CC3)c12. The highest BCUT2D eigenvalue weighted by Crippen LogP contribution is 2.44. The summed E-state index contributed by atoms with van der Waals surface area (Å²) in [4.78, 5) is 28.3. The van der Waals surface area contributed by atoms with E-state index in [1.807, 2.05) is 10.8 Å². The Morgan fingerprint density at radius 2 is 2.23 bits per heavy atom. The number of nitrogens with zero attached hydrogens (tertiary/aromatic N) is 3. The Hall–Kier alpha value is -3.56. The molecule has 10 heteroatoms. The van der Waals surface area contributed by atoms with E-state index >= 15 is 4.39 Å². The average Bonchev–Trinajstić information content (AvgIpc) is 3.43. The third-order valence-corrected chi connectivity index (χ3v) is 5.23. The number of carbonyl (C=O) groups is 1. The van der Waals surface area contributed by atoms with Gasteiger partial charge in [-0.3, -0.25) is 4.79 Å². The fourth-order valence-corrected chi connectivity index (χ4v) is 3.62. The molecule has 1 saturated carbocycles. The molecule has 30 heavy (non-hydrogen) atoms. The number of nitrogen functional groups attached to an aromatic ring is 1. The number of carboxylic acids is 1. The third-order valence-electron chi connectivity index (χ3n) is 5.23. The Morgan fingerprint density at radius 1 is 1.47 bits per heavy atom. The molecule has 0 unspecified atom stereocenters. The van der Waals surface area contributed by atoms with Gasteiger partial charge in [-0.1, -0.05) is 0 Å². The molecule has 1 fully saturated rings. The first kappa shape index (κ1) is 19.7. The van der Waals surface area contributed by atoms with Crippen LogP contribution in [0.15, 0.2) is 29.7 Å². The molecule has 0 amide bonds. The van der Waals surface area contributed by atoms with Gasteiger partial charge in [0, 0.05) is 37.7 Å². The molecule has 1 aliphatic rings. The largest absolute Gasteiger partial charge is 0.492 e. The molecule has 0 bridgehead atoms. The van der Waals surface area contributed by atoms with Crippen LogP contribution in [-0.2, 0) is 6.54 Å². The fourth-order valence-electron chi connectivity index (χ4n) is 3.62. The summed E-state index contributed by atoms with van der Waals surface area (Å²) in [5.74, 6) is -2.07. The van der Waals surface area contributed by atoms with Crippen LogP contribution in [0.5, 0.6) is 5.75 Å². The van der Waals surface area contributed by atoms with Crippen LogP contribution in [0, 0.1) is 5.82 Å². The van der Waals surface area contributed by atoms with Crippen molar-refractivity contribution in [3.05, 3.63) is 46.5 Å². The van der Waals surface area contributed by atoms with Crippen LogP contribution in [-0.4, -0.2) is 38.8 Å². The number of aromatic nitrogens is 3. The van der Waals surface area contributed by atoms with E-state index in [0.717, 1.165) is 12.8 Å². The number of imidazole rings is 1. The van der Waals surface area contributed by atoms with Crippen molar-refractivity contribution >= 4 is 28.2 Å². The van der Waals surface area contributed by atoms with Crippen molar-refractivity contribution in [2.75, 3.05) is 24.7 Å². The molecule has 0 radical (unpaired) electrons. The number of anilines is 2. The maximum Gasteiger partial charge on any atom is 0.341 e. The summed E-state index contributed by atoms with van der Waals surface area (Å²) < 4.78 is 24.2. The third kappa shape index (κ3) is 3.34. The van der Waals surface area contributed by atoms with Gasteiger partial charge >= 0.3 is 5.97 Å². The van der Waals surface area contributed by atoms with Gasteiger partial charge in [-0.2, -0.15) is 0 Å². The summed E-state index contributed by atoms with van der Waals surface area (Å²) in [6, 6.07) is 0.0130. The van der Waals surface area contributed by atoms with Crippen molar-refractivity contribution in [3.63, 3.8) is 0 Å². The molecule has 4 N–H and O–H groups in total. The number of hydrogen-bond donors (Lipinski definition) is 3. The highest BCUT2D eigenvalue weighted by Gasteiger charge is 2.31. The van der Waals surface area contributed by atoms with Crippen LogP contribution in [0.1, 0.15) is 35.7 Å². The first-order chi connectivity index (χ1) is 14.4. The standard InChI is InChI=1S/C20H22FN5O4/c1-30-19-16(24-5-2-7-25-8-6-23-10-25)14(21)15(22)13-17(19)26(11-3-4-11)9-12(18(13)27)20(28)29/h6,8-11,24H,2-5,7,22H2,1H3,(H,28,29). The van der Waals surface area contributed by atoms with E-state index in [9.17, 15) is 14.7 Å². The molecule has 4 rings (SSSR count). The number of nitrogens with one attached hydrogen (secondary N) is 1. The van der Waals surface area contributed by atoms with Crippen LogP contribution >= 0.6 is 0 Å². The lowest BCUT2D eigenvalue weighted by atomic mass is 10.1. The highest BCUT2D eigenvalue weighted by molar-refractivity contribution is 6.03. The Balaban J connectivity index is 1.80. The van der Waals surface area contributed by atoms with E-state index < -0.39 is 22.8 Å². The first-order valence-corrected chi connectivity index (χ1v) is 9.60. The van der Waals surface area contributed by atoms with Gasteiger partial charge in [-0.15, -0.1) is 0 Å². The molecule has 0 atom stereocenters. The molecule has 0 aliphatic heterocycles. The summed E-state index contributed by atoms with van der Waals surface area (Å²) in [7, 11) is 1.38. The van der Waals surface area contributed by atoms with Crippen molar-refractivity contribution in [1.29, 1.82) is 0 Å². The van der Waals surface area contributed by atoms with E-state index in [2.05, 4.69) is 10.3 Å². The lowest BCUT2D eigenvalue weighted by Crippen LogP contribution is -2.21. The molecule has 1 aliphatic carbocycles. The number of halogens is 1. The van der Waals surface area contributed by atoms with E-state index in [-0.39, 0.29) is 28.6 Å². The number of nitrogens with two attached hydrogens (primary N) is 1. The number of hydrogen-bond acceptors (Lipinski definition) is 6. The molecule has 0 saturated heterocycles. The Labute approximate surface area is 170 Å². The van der Waals surface area contributed by atoms with Crippen molar-refractivity contribution in [1.82, 2.24) is 14.1 Å². The number of aryl methyl sites for hydroxylation is 1. The molecule has 2 heterocycles. The summed E-state index contributed by atoms with van der Waals surface area (Å²) >= 11 is 0. The predicted molar refractivity (Wildman–Crippen MR) is 110 cm³/mol. The zero-order valence-corrected chi connectivity index (χ0v) is 16.4. The minimum atomic E-state index is -1.38. The van der Waals surface area contributed by atoms with E-state index in [0.29, 0.717) is 25.0 Å². The predicted octanol–water partition coefficient (Wildman–Crippen LogP) is 2.46. The molecule has 0 spiro atoms. The molecule has 2 aromatic heterocycles. The number of pyridine rings is 1. The number of methoxy groups -OCH3 is 1. The Bertz CT molecular complexity index is 1170. The van der Waals surface area contributed by atoms with Gasteiger partial charge in [0.1, 0.15) is 11.3 Å². The lowest BCUT2D eigenvalue weighted by molar-refractivity contribution is 0.0695. The second kappa shape index (κ2) is 7.69. The lowest BCUT2D eigenvalue weighted by Gasteiger charge is -2.20. The maximum atomic E-state index is 15.2. The van der Waals surface area contributed by atoms with Crippen LogP contribution in [0.4, 0.5) is 15.8 Å². The van der Waals surface area contributed by atoms with E-state index in [1.54, 1.807) is 17.1 Å². The van der Waals surface area contributed by atoms with Crippen LogP contribution in [0.3, 0.4) is 0 Å². The summed E-state index contributed by atoms with van der Waals surface area (Å²) in [6.07, 6.45) is 8.85. The Morgan fingerprint density at radius 3 is 2.83 bits per heavy atom. The van der Waals surface area contributed by atoms with Gasteiger partial charge in [0.25, 0.3) is 0 Å².